The molecular formula is C23H26ClN3O3. The van der Waals surface area contributed by atoms with E-state index in [0.717, 1.165) is 51.4 Å². The van der Waals surface area contributed by atoms with Crippen molar-refractivity contribution in [3.63, 3.8) is 0 Å². The zero-order valence-electron chi connectivity index (χ0n) is 16.9. The Morgan fingerprint density at radius 3 is 2.63 bits per heavy atom. The Morgan fingerprint density at radius 2 is 1.83 bits per heavy atom. The molecular weight excluding hydrogens is 402 g/mol. The van der Waals surface area contributed by atoms with Crippen molar-refractivity contribution in [2.75, 3.05) is 44.7 Å². The molecule has 2 heterocycles. The minimum absolute atomic E-state index is 0.178. The van der Waals surface area contributed by atoms with Crippen LogP contribution in [0.3, 0.4) is 0 Å². The van der Waals surface area contributed by atoms with Crippen LogP contribution in [0.25, 0.3) is 0 Å². The Bertz CT molecular complexity index is 928. The van der Waals surface area contributed by atoms with Crippen LogP contribution in [0.5, 0.6) is 0 Å². The minimum atomic E-state index is -0.241. The summed E-state index contributed by atoms with van der Waals surface area (Å²) >= 11 is 6.13. The van der Waals surface area contributed by atoms with Crippen molar-refractivity contribution in [1.29, 1.82) is 0 Å². The highest BCUT2D eigenvalue weighted by Gasteiger charge is 2.22. The van der Waals surface area contributed by atoms with Gasteiger partial charge in [0.25, 0.3) is 5.91 Å². The number of fused-ring (bicyclic) bond motifs is 1. The van der Waals surface area contributed by atoms with Crippen molar-refractivity contribution in [1.82, 2.24) is 9.80 Å². The van der Waals surface area contributed by atoms with Crippen molar-refractivity contribution in [2.45, 2.75) is 19.4 Å². The molecule has 30 heavy (non-hydrogen) atoms. The summed E-state index contributed by atoms with van der Waals surface area (Å²) in [6.07, 6.45) is 1.36. The number of benzene rings is 2. The third-order valence-electron chi connectivity index (χ3n) is 5.69. The van der Waals surface area contributed by atoms with Crippen molar-refractivity contribution in [3.05, 3.63) is 64.2 Å². The molecule has 6 nitrogen and oxygen atoms in total. The Morgan fingerprint density at radius 1 is 1.03 bits per heavy atom. The fourth-order valence-corrected chi connectivity index (χ4v) is 4.15. The third kappa shape index (κ3) is 5.01. The van der Waals surface area contributed by atoms with Crippen LogP contribution in [0.2, 0.25) is 5.02 Å². The molecule has 2 aliphatic heterocycles. The number of ether oxygens (including phenoxy) is 1. The average molecular weight is 428 g/mol. The summed E-state index contributed by atoms with van der Waals surface area (Å²) in [6.45, 7) is 5.37. The van der Waals surface area contributed by atoms with Gasteiger partial charge in [0, 0.05) is 44.8 Å². The molecule has 0 aliphatic carbocycles. The van der Waals surface area contributed by atoms with Gasteiger partial charge in [0.1, 0.15) is 0 Å². The molecule has 0 spiro atoms. The molecule has 0 aromatic heterocycles. The van der Waals surface area contributed by atoms with Gasteiger partial charge in [-0.05, 0) is 41.8 Å². The summed E-state index contributed by atoms with van der Waals surface area (Å²) in [6, 6.07) is 12.9. The van der Waals surface area contributed by atoms with Crippen molar-refractivity contribution < 1.29 is 14.3 Å². The van der Waals surface area contributed by atoms with E-state index in [0.29, 0.717) is 29.2 Å². The van der Waals surface area contributed by atoms with Gasteiger partial charge in [0.15, 0.2) is 0 Å². The van der Waals surface area contributed by atoms with E-state index >= 15 is 0 Å². The lowest BCUT2D eigenvalue weighted by molar-refractivity contribution is -0.132. The van der Waals surface area contributed by atoms with Crippen LogP contribution in [0.4, 0.5) is 5.69 Å². The second-order valence-corrected chi connectivity index (χ2v) is 8.09. The van der Waals surface area contributed by atoms with E-state index in [1.54, 1.807) is 24.3 Å². The number of anilines is 1. The maximum absolute atomic E-state index is 12.7. The van der Waals surface area contributed by atoms with Gasteiger partial charge >= 0.3 is 0 Å². The van der Waals surface area contributed by atoms with Gasteiger partial charge in [-0.25, -0.2) is 0 Å². The van der Waals surface area contributed by atoms with Crippen LogP contribution in [0.15, 0.2) is 42.5 Å². The van der Waals surface area contributed by atoms with E-state index in [9.17, 15) is 9.59 Å². The lowest BCUT2D eigenvalue weighted by Crippen LogP contribution is -2.41. The predicted octanol–water partition coefficient (Wildman–Crippen LogP) is 3.20. The highest BCUT2D eigenvalue weighted by atomic mass is 35.5. The summed E-state index contributed by atoms with van der Waals surface area (Å²) in [5, 5.41) is 3.34. The summed E-state index contributed by atoms with van der Waals surface area (Å²) in [5.74, 6) is -0.0625. The Hall–Kier alpha value is -2.41. The molecule has 2 aromatic carbocycles. The van der Waals surface area contributed by atoms with E-state index in [1.165, 1.54) is 5.56 Å². The van der Waals surface area contributed by atoms with Gasteiger partial charge in [-0.3, -0.25) is 14.5 Å². The number of nitrogens with zero attached hydrogens (tertiary/aromatic N) is 2. The normalized spacial score (nSPS) is 16.8. The van der Waals surface area contributed by atoms with Crippen LogP contribution in [-0.4, -0.2) is 61.0 Å². The maximum atomic E-state index is 12.7. The first-order valence-electron chi connectivity index (χ1n) is 10.4. The van der Waals surface area contributed by atoms with Crippen LogP contribution in [0.1, 0.15) is 27.9 Å². The molecule has 7 heteroatoms. The zero-order valence-corrected chi connectivity index (χ0v) is 17.7. The largest absolute Gasteiger partial charge is 0.379 e. The summed E-state index contributed by atoms with van der Waals surface area (Å²) in [5.41, 5.74) is 3.46. The number of amides is 2. The van der Waals surface area contributed by atoms with E-state index in [2.05, 4.69) is 10.2 Å². The molecule has 2 aliphatic rings. The molecule has 0 atom stereocenters. The van der Waals surface area contributed by atoms with E-state index in [1.807, 2.05) is 23.1 Å². The highest BCUT2D eigenvalue weighted by Crippen LogP contribution is 2.24. The van der Waals surface area contributed by atoms with E-state index < -0.39 is 0 Å². The van der Waals surface area contributed by atoms with Crippen LogP contribution < -0.4 is 5.32 Å². The van der Waals surface area contributed by atoms with Gasteiger partial charge in [0.2, 0.25) is 5.91 Å². The molecule has 0 bridgehead atoms. The first kappa shape index (κ1) is 20.8. The predicted molar refractivity (Wildman–Crippen MR) is 117 cm³/mol. The molecule has 1 fully saturated rings. The van der Waals surface area contributed by atoms with Gasteiger partial charge in [-0.1, -0.05) is 29.8 Å². The average Bonchev–Trinajstić information content (AvgIpc) is 2.78. The number of hydrogen-bond donors (Lipinski definition) is 1. The first-order chi connectivity index (χ1) is 14.6. The molecule has 0 radical (unpaired) electrons. The summed E-state index contributed by atoms with van der Waals surface area (Å²) in [4.78, 5) is 29.5. The number of carbonyl (C=O) groups is 2. The highest BCUT2D eigenvalue weighted by molar-refractivity contribution is 6.34. The van der Waals surface area contributed by atoms with Crippen LogP contribution in [0, 0.1) is 0 Å². The quantitative estimate of drug-likeness (QED) is 0.796. The number of hydrogen-bond acceptors (Lipinski definition) is 4. The molecule has 2 aromatic rings. The SMILES string of the molecule is O=C(Nc1ccc2c(c1)CN(C(=O)CCN1CCOCC1)CC2)c1ccccc1Cl. The van der Waals surface area contributed by atoms with Crippen LogP contribution in [-0.2, 0) is 22.5 Å². The van der Waals surface area contributed by atoms with Crippen molar-refractivity contribution >= 4 is 29.1 Å². The number of morpholine rings is 1. The fraction of sp³-hybridized carbons (Fsp3) is 0.391. The molecule has 158 valence electrons. The van der Waals surface area contributed by atoms with Crippen molar-refractivity contribution in [3.8, 4) is 0 Å². The molecule has 0 unspecified atom stereocenters. The van der Waals surface area contributed by atoms with Gasteiger partial charge in [-0.2, -0.15) is 0 Å². The Kier molecular flexibility index (Phi) is 6.67. The van der Waals surface area contributed by atoms with E-state index in [-0.39, 0.29) is 11.8 Å². The zero-order chi connectivity index (χ0) is 20.9. The smallest absolute Gasteiger partial charge is 0.257 e. The second-order valence-electron chi connectivity index (χ2n) is 7.69. The first-order valence-corrected chi connectivity index (χ1v) is 10.7. The summed E-state index contributed by atoms with van der Waals surface area (Å²) < 4.78 is 5.36. The standard InChI is InChI=1S/C23H26ClN3O3/c24-21-4-2-1-3-20(21)23(29)25-19-6-5-17-7-10-27(16-18(17)15-19)22(28)8-9-26-11-13-30-14-12-26/h1-6,15H,7-14,16H2,(H,25,29). The number of carbonyl (C=O) groups excluding carboxylic acids is 2. The molecule has 1 saturated heterocycles. The second kappa shape index (κ2) is 9.60. The maximum Gasteiger partial charge on any atom is 0.257 e. The number of rotatable bonds is 5. The topological polar surface area (TPSA) is 61.9 Å². The third-order valence-corrected chi connectivity index (χ3v) is 6.02. The minimum Gasteiger partial charge on any atom is -0.379 e. The van der Waals surface area contributed by atoms with Gasteiger partial charge < -0.3 is 15.0 Å². The fourth-order valence-electron chi connectivity index (χ4n) is 3.93. The van der Waals surface area contributed by atoms with Gasteiger partial charge in [-0.15, -0.1) is 0 Å². The molecule has 0 saturated carbocycles. The monoisotopic (exact) mass is 427 g/mol. The molecule has 1 N–H and O–H groups in total. The Labute approximate surface area is 181 Å². The lowest BCUT2D eigenvalue weighted by Gasteiger charge is -2.31. The van der Waals surface area contributed by atoms with Gasteiger partial charge in [0.05, 0.1) is 23.8 Å². The summed E-state index contributed by atoms with van der Waals surface area (Å²) in [7, 11) is 0. The Balaban J connectivity index is 1.37. The molecule has 4 rings (SSSR count). The van der Waals surface area contributed by atoms with Crippen LogP contribution >= 0.6 is 11.6 Å². The number of halogens is 1. The lowest BCUT2D eigenvalue weighted by atomic mass is 9.98. The number of nitrogens with one attached hydrogen (secondary N) is 1. The van der Waals surface area contributed by atoms with Crippen molar-refractivity contribution in [2.24, 2.45) is 0 Å². The van der Waals surface area contributed by atoms with E-state index in [4.69, 9.17) is 16.3 Å². The molecule has 2 amide bonds.